The van der Waals surface area contributed by atoms with Crippen LogP contribution in [0.2, 0.25) is 0 Å². The summed E-state index contributed by atoms with van der Waals surface area (Å²) in [5.74, 6) is -0.871. The highest BCUT2D eigenvalue weighted by atomic mass is 127. The van der Waals surface area contributed by atoms with E-state index in [4.69, 9.17) is 9.47 Å². The molecule has 2 aliphatic rings. The SMILES string of the molecule is C/C=C/[C@@H]1O[C@H]2[C@H](C(=O)O[C@H]2C)[C@@H](O)[C@H]1I. The summed E-state index contributed by atoms with van der Waals surface area (Å²) in [7, 11) is 0. The second-order valence-electron chi connectivity index (χ2n) is 4.19. The molecule has 2 heterocycles. The molecule has 2 aliphatic heterocycles. The fraction of sp³-hybridized carbons (Fsp3) is 0.727. The summed E-state index contributed by atoms with van der Waals surface area (Å²) in [5.41, 5.74) is 0. The van der Waals surface area contributed by atoms with Crippen LogP contribution in [-0.4, -0.2) is 39.4 Å². The van der Waals surface area contributed by atoms with Gasteiger partial charge in [0.15, 0.2) is 0 Å². The maximum absolute atomic E-state index is 11.6. The number of fused-ring (bicyclic) bond motifs is 1. The molecule has 0 aromatic rings. The van der Waals surface area contributed by atoms with Gasteiger partial charge in [0, 0.05) is 0 Å². The highest BCUT2D eigenvalue weighted by Gasteiger charge is 2.54. The summed E-state index contributed by atoms with van der Waals surface area (Å²) in [5, 5.41) is 10.1. The van der Waals surface area contributed by atoms with E-state index in [1.807, 2.05) is 19.1 Å². The number of ether oxygens (including phenoxy) is 2. The lowest BCUT2D eigenvalue weighted by Gasteiger charge is -2.37. The van der Waals surface area contributed by atoms with Crippen molar-refractivity contribution < 1.29 is 19.4 Å². The summed E-state index contributed by atoms with van der Waals surface area (Å²) >= 11 is 2.13. The number of cyclic esters (lactones) is 1. The third kappa shape index (κ3) is 1.89. The zero-order valence-corrected chi connectivity index (χ0v) is 11.3. The molecule has 0 aliphatic carbocycles. The molecule has 2 fully saturated rings. The Morgan fingerprint density at radius 1 is 1.50 bits per heavy atom. The van der Waals surface area contributed by atoms with Crippen LogP contribution in [0.1, 0.15) is 13.8 Å². The van der Waals surface area contributed by atoms with Crippen molar-refractivity contribution >= 4 is 28.6 Å². The molecule has 0 spiro atoms. The van der Waals surface area contributed by atoms with Crippen molar-refractivity contribution in [1.29, 1.82) is 0 Å². The molecule has 0 unspecified atom stereocenters. The van der Waals surface area contributed by atoms with Crippen LogP contribution in [0.5, 0.6) is 0 Å². The number of hydrogen-bond donors (Lipinski definition) is 1. The lowest BCUT2D eigenvalue weighted by molar-refractivity contribution is -0.148. The van der Waals surface area contributed by atoms with Crippen molar-refractivity contribution in [2.45, 2.75) is 42.2 Å². The van der Waals surface area contributed by atoms with Crippen LogP contribution < -0.4 is 0 Å². The van der Waals surface area contributed by atoms with E-state index in [0.29, 0.717) is 0 Å². The van der Waals surface area contributed by atoms with Gasteiger partial charge in [0.25, 0.3) is 0 Å². The highest BCUT2D eigenvalue weighted by Crippen LogP contribution is 2.38. The molecule has 16 heavy (non-hydrogen) atoms. The van der Waals surface area contributed by atoms with Crippen molar-refractivity contribution in [3.05, 3.63) is 12.2 Å². The van der Waals surface area contributed by atoms with Gasteiger partial charge in [0.2, 0.25) is 0 Å². The van der Waals surface area contributed by atoms with E-state index < -0.39 is 12.0 Å². The van der Waals surface area contributed by atoms with Crippen LogP contribution in [0.25, 0.3) is 0 Å². The minimum atomic E-state index is -0.696. The van der Waals surface area contributed by atoms with Gasteiger partial charge in [-0.2, -0.15) is 0 Å². The van der Waals surface area contributed by atoms with Crippen molar-refractivity contribution in [1.82, 2.24) is 0 Å². The summed E-state index contributed by atoms with van der Waals surface area (Å²) in [6.07, 6.45) is 2.35. The Morgan fingerprint density at radius 3 is 2.81 bits per heavy atom. The van der Waals surface area contributed by atoms with Crippen LogP contribution in [0.15, 0.2) is 12.2 Å². The minimum Gasteiger partial charge on any atom is -0.460 e. The number of halogens is 1. The van der Waals surface area contributed by atoms with Gasteiger partial charge in [-0.1, -0.05) is 34.7 Å². The van der Waals surface area contributed by atoms with E-state index in [9.17, 15) is 9.90 Å². The first kappa shape index (κ1) is 12.3. The Bertz CT molecular complexity index is 317. The van der Waals surface area contributed by atoms with Crippen molar-refractivity contribution in [2.24, 2.45) is 5.92 Å². The van der Waals surface area contributed by atoms with E-state index in [-0.39, 0.29) is 28.2 Å². The maximum Gasteiger partial charge on any atom is 0.314 e. The van der Waals surface area contributed by atoms with Crippen LogP contribution >= 0.6 is 22.6 Å². The maximum atomic E-state index is 11.6. The molecule has 0 amide bonds. The molecule has 1 N–H and O–H groups in total. The number of hydrogen-bond acceptors (Lipinski definition) is 4. The Morgan fingerprint density at radius 2 is 2.19 bits per heavy atom. The van der Waals surface area contributed by atoms with Gasteiger partial charge < -0.3 is 14.6 Å². The fourth-order valence-corrected chi connectivity index (χ4v) is 3.13. The molecular formula is C11H15IO4. The fourth-order valence-electron chi connectivity index (χ4n) is 2.27. The van der Waals surface area contributed by atoms with Crippen LogP contribution in [-0.2, 0) is 14.3 Å². The molecule has 0 aromatic heterocycles. The highest BCUT2D eigenvalue weighted by molar-refractivity contribution is 14.1. The molecule has 0 saturated carbocycles. The van der Waals surface area contributed by atoms with Crippen molar-refractivity contribution in [3.8, 4) is 0 Å². The monoisotopic (exact) mass is 338 g/mol. The number of aliphatic hydroxyl groups is 1. The topological polar surface area (TPSA) is 55.8 Å². The summed E-state index contributed by atoms with van der Waals surface area (Å²) < 4.78 is 10.8. The quantitative estimate of drug-likeness (QED) is 0.336. The van der Waals surface area contributed by atoms with Gasteiger partial charge in [0.1, 0.15) is 18.1 Å². The van der Waals surface area contributed by atoms with E-state index in [0.717, 1.165) is 0 Å². The summed E-state index contributed by atoms with van der Waals surface area (Å²) in [6, 6.07) is 0. The number of carbonyl (C=O) groups is 1. The van der Waals surface area contributed by atoms with E-state index in [1.54, 1.807) is 6.92 Å². The Hall–Kier alpha value is -0.140. The number of alkyl halides is 1. The molecule has 0 radical (unpaired) electrons. The molecule has 90 valence electrons. The van der Waals surface area contributed by atoms with Gasteiger partial charge in [-0.15, -0.1) is 0 Å². The first-order valence-electron chi connectivity index (χ1n) is 5.37. The van der Waals surface area contributed by atoms with E-state index >= 15 is 0 Å². The first-order chi connectivity index (χ1) is 7.56. The van der Waals surface area contributed by atoms with Gasteiger partial charge in [0.05, 0.1) is 16.1 Å². The lowest BCUT2D eigenvalue weighted by atomic mass is 9.88. The third-order valence-corrected chi connectivity index (χ3v) is 4.54. The van der Waals surface area contributed by atoms with Gasteiger partial charge in [-0.25, -0.2) is 0 Å². The van der Waals surface area contributed by atoms with Gasteiger partial charge in [-0.3, -0.25) is 4.79 Å². The Kier molecular flexibility index (Phi) is 3.56. The molecule has 0 aromatic carbocycles. The van der Waals surface area contributed by atoms with Crippen molar-refractivity contribution in [2.75, 3.05) is 0 Å². The van der Waals surface area contributed by atoms with E-state index in [1.165, 1.54) is 0 Å². The standard InChI is InChI=1S/C11H15IO4/c1-3-4-6-8(12)9(13)7-10(16-6)5(2)15-11(7)14/h3-10,13H,1-2H3/b4-3+/t5-,6-,7+,8-,9+,10+/m0/s1. The summed E-state index contributed by atoms with van der Waals surface area (Å²) in [4.78, 5) is 11.6. The van der Waals surface area contributed by atoms with Gasteiger partial charge >= 0.3 is 5.97 Å². The zero-order chi connectivity index (χ0) is 11.9. The Labute approximate surface area is 108 Å². The average Bonchev–Trinajstić information content (AvgIpc) is 2.50. The van der Waals surface area contributed by atoms with Crippen LogP contribution in [0.3, 0.4) is 0 Å². The summed E-state index contributed by atoms with van der Waals surface area (Å²) in [6.45, 7) is 3.71. The molecule has 2 rings (SSSR count). The molecule has 6 atom stereocenters. The number of aliphatic hydroxyl groups excluding tert-OH is 1. The number of allylic oxidation sites excluding steroid dienone is 1. The molecule has 4 nitrogen and oxygen atoms in total. The lowest BCUT2D eigenvalue weighted by Crippen LogP contribution is -2.52. The van der Waals surface area contributed by atoms with Crippen LogP contribution in [0.4, 0.5) is 0 Å². The smallest absolute Gasteiger partial charge is 0.314 e. The third-order valence-electron chi connectivity index (χ3n) is 3.10. The second-order valence-corrected chi connectivity index (χ2v) is 5.63. The molecule has 0 bridgehead atoms. The minimum absolute atomic E-state index is 0.118. The number of rotatable bonds is 1. The van der Waals surface area contributed by atoms with Crippen molar-refractivity contribution in [3.63, 3.8) is 0 Å². The second kappa shape index (κ2) is 4.62. The predicted molar refractivity (Wildman–Crippen MR) is 66.3 cm³/mol. The normalized spacial score (nSPS) is 48.1. The number of carbonyl (C=O) groups excluding carboxylic acids is 1. The zero-order valence-electron chi connectivity index (χ0n) is 9.17. The predicted octanol–water partition coefficient (Wildman–Crippen LogP) is 1.06. The Balaban J connectivity index is 2.23. The average molecular weight is 338 g/mol. The van der Waals surface area contributed by atoms with Crippen LogP contribution in [0, 0.1) is 5.92 Å². The van der Waals surface area contributed by atoms with Gasteiger partial charge in [-0.05, 0) is 13.8 Å². The number of esters is 1. The molecule has 2 saturated heterocycles. The largest absolute Gasteiger partial charge is 0.460 e. The van der Waals surface area contributed by atoms with E-state index in [2.05, 4.69) is 22.6 Å². The molecule has 5 heteroatoms. The molecular weight excluding hydrogens is 323 g/mol. The first-order valence-corrected chi connectivity index (χ1v) is 6.61.